The number of hydrogen-bond acceptors (Lipinski definition) is 6. The Labute approximate surface area is 166 Å². The Morgan fingerprint density at radius 3 is 2.71 bits per heavy atom. The number of carbonyl (C=O) groups is 1. The third kappa shape index (κ3) is 4.44. The van der Waals surface area contributed by atoms with E-state index in [1.165, 1.54) is 11.5 Å². The summed E-state index contributed by atoms with van der Waals surface area (Å²) in [6.07, 6.45) is 1.59. The van der Waals surface area contributed by atoms with Crippen molar-refractivity contribution in [2.45, 2.75) is 13.1 Å². The lowest BCUT2D eigenvalue weighted by atomic mass is 10.1. The van der Waals surface area contributed by atoms with E-state index in [-0.39, 0.29) is 5.91 Å². The molecule has 7 heteroatoms. The molecule has 0 aliphatic rings. The largest absolute Gasteiger partial charge is 0.467 e. The third-order valence-electron chi connectivity index (χ3n) is 4.09. The summed E-state index contributed by atoms with van der Waals surface area (Å²) in [6, 6.07) is 21.0. The second-order valence-corrected chi connectivity index (χ2v) is 6.86. The van der Waals surface area contributed by atoms with Crippen molar-refractivity contribution in [3.05, 3.63) is 89.9 Å². The van der Waals surface area contributed by atoms with Crippen LogP contribution in [0.1, 0.15) is 21.7 Å². The average molecular weight is 390 g/mol. The fourth-order valence-electron chi connectivity index (χ4n) is 2.68. The van der Waals surface area contributed by atoms with Gasteiger partial charge in [0.25, 0.3) is 5.91 Å². The van der Waals surface area contributed by atoms with Crippen molar-refractivity contribution >= 4 is 22.6 Å². The highest BCUT2D eigenvalue weighted by Gasteiger charge is 2.09. The average Bonchev–Trinajstić information content (AvgIpc) is 3.43. The van der Waals surface area contributed by atoms with Gasteiger partial charge in [0.1, 0.15) is 5.76 Å². The van der Waals surface area contributed by atoms with Gasteiger partial charge in [0.05, 0.1) is 12.8 Å². The number of benzene rings is 2. The van der Waals surface area contributed by atoms with Crippen LogP contribution in [0.5, 0.6) is 0 Å². The molecule has 2 N–H and O–H groups in total. The van der Waals surface area contributed by atoms with E-state index in [0.29, 0.717) is 24.5 Å². The molecule has 2 heterocycles. The molecule has 0 aliphatic heterocycles. The molecule has 4 rings (SSSR count). The van der Waals surface area contributed by atoms with Gasteiger partial charge in [-0.05, 0) is 29.8 Å². The Morgan fingerprint density at radius 1 is 1.00 bits per heavy atom. The van der Waals surface area contributed by atoms with Gasteiger partial charge < -0.3 is 15.1 Å². The Balaban J connectivity index is 1.36. The summed E-state index contributed by atoms with van der Waals surface area (Å²) < 4.78 is 9.62. The normalized spacial score (nSPS) is 10.6. The van der Waals surface area contributed by atoms with Gasteiger partial charge in [-0.1, -0.05) is 42.5 Å². The first kappa shape index (κ1) is 17.9. The van der Waals surface area contributed by atoms with Gasteiger partial charge in [-0.2, -0.15) is 9.36 Å². The maximum atomic E-state index is 12.3. The second-order valence-electron chi connectivity index (χ2n) is 6.11. The van der Waals surface area contributed by atoms with Gasteiger partial charge in [0, 0.05) is 29.2 Å². The molecule has 0 bridgehead atoms. The molecule has 6 nitrogen and oxygen atoms in total. The van der Waals surface area contributed by atoms with Crippen molar-refractivity contribution in [3.63, 3.8) is 0 Å². The molecule has 1 amide bonds. The van der Waals surface area contributed by atoms with Crippen molar-refractivity contribution < 1.29 is 9.21 Å². The van der Waals surface area contributed by atoms with Crippen LogP contribution in [0.25, 0.3) is 11.4 Å². The van der Waals surface area contributed by atoms with Crippen LogP contribution >= 0.6 is 11.5 Å². The maximum absolute atomic E-state index is 12.3. The predicted molar refractivity (Wildman–Crippen MR) is 109 cm³/mol. The van der Waals surface area contributed by atoms with Gasteiger partial charge in [-0.15, -0.1) is 0 Å². The molecule has 0 atom stereocenters. The van der Waals surface area contributed by atoms with E-state index in [1.54, 1.807) is 18.4 Å². The molecule has 0 aliphatic carbocycles. The summed E-state index contributed by atoms with van der Waals surface area (Å²) in [4.78, 5) is 16.9. The van der Waals surface area contributed by atoms with Gasteiger partial charge in [0.15, 0.2) is 5.82 Å². The Kier molecular flexibility index (Phi) is 5.44. The first-order valence-corrected chi connectivity index (χ1v) is 9.58. The Morgan fingerprint density at radius 2 is 1.89 bits per heavy atom. The zero-order valence-electron chi connectivity index (χ0n) is 15.0. The zero-order chi connectivity index (χ0) is 19.2. The van der Waals surface area contributed by atoms with Crippen LogP contribution in [0.15, 0.2) is 77.4 Å². The lowest BCUT2D eigenvalue weighted by Gasteiger charge is -2.07. The SMILES string of the molecule is O=C(NCc1ccco1)c1cccc(CNc2nc(-c3ccccc3)ns2)c1. The van der Waals surface area contributed by atoms with Gasteiger partial charge in [-0.25, -0.2) is 0 Å². The zero-order valence-corrected chi connectivity index (χ0v) is 15.8. The van der Waals surface area contributed by atoms with Crippen molar-refractivity contribution in [2.24, 2.45) is 0 Å². The van der Waals surface area contributed by atoms with E-state index >= 15 is 0 Å². The van der Waals surface area contributed by atoms with E-state index in [0.717, 1.165) is 22.0 Å². The second kappa shape index (κ2) is 8.49. The minimum absolute atomic E-state index is 0.138. The molecule has 2 aromatic carbocycles. The lowest BCUT2D eigenvalue weighted by molar-refractivity contribution is 0.0948. The van der Waals surface area contributed by atoms with Crippen LogP contribution in [0.2, 0.25) is 0 Å². The van der Waals surface area contributed by atoms with Gasteiger partial charge >= 0.3 is 0 Å². The molecule has 2 aromatic heterocycles. The molecule has 0 saturated carbocycles. The highest BCUT2D eigenvalue weighted by molar-refractivity contribution is 7.09. The van der Waals surface area contributed by atoms with Crippen LogP contribution < -0.4 is 10.6 Å². The molecule has 0 saturated heterocycles. The van der Waals surface area contributed by atoms with Gasteiger partial charge in [0.2, 0.25) is 5.13 Å². The quantitative estimate of drug-likeness (QED) is 0.491. The fourth-order valence-corrected chi connectivity index (χ4v) is 3.27. The number of nitrogens with zero attached hydrogens (tertiary/aromatic N) is 2. The molecule has 0 radical (unpaired) electrons. The molecule has 0 spiro atoms. The minimum atomic E-state index is -0.138. The third-order valence-corrected chi connectivity index (χ3v) is 4.77. The number of carbonyl (C=O) groups excluding carboxylic acids is 1. The van der Waals surface area contributed by atoms with Crippen LogP contribution in [0, 0.1) is 0 Å². The molecular formula is C21H18N4O2S. The topological polar surface area (TPSA) is 80.0 Å². The Hall–Kier alpha value is -3.45. The molecular weight excluding hydrogens is 372 g/mol. The summed E-state index contributed by atoms with van der Waals surface area (Å²) >= 11 is 1.32. The van der Waals surface area contributed by atoms with E-state index in [1.807, 2.05) is 54.6 Å². The number of rotatable bonds is 7. The maximum Gasteiger partial charge on any atom is 0.251 e. The summed E-state index contributed by atoms with van der Waals surface area (Å²) in [6.45, 7) is 0.921. The van der Waals surface area contributed by atoms with Crippen LogP contribution in [0.4, 0.5) is 5.13 Å². The standard InChI is InChI=1S/C21H18N4O2S/c26-20(22-14-18-10-5-11-27-18)17-9-4-6-15(12-17)13-23-21-24-19(25-28-21)16-7-2-1-3-8-16/h1-12H,13-14H2,(H,22,26)(H,23,24,25). The van der Waals surface area contributed by atoms with Crippen LogP contribution in [-0.2, 0) is 13.1 Å². The number of hydrogen-bond donors (Lipinski definition) is 2. The first-order valence-electron chi connectivity index (χ1n) is 8.80. The molecule has 4 aromatic rings. The smallest absolute Gasteiger partial charge is 0.251 e. The number of anilines is 1. The molecule has 140 valence electrons. The fraction of sp³-hybridized carbons (Fsp3) is 0.0952. The van der Waals surface area contributed by atoms with Crippen LogP contribution in [-0.4, -0.2) is 15.3 Å². The van der Waals surface area contributed by atoms with Crippen molar-refractivity contribution in [3.8, 4) is 11.4 Å². The van der Waals surface area contributed by atoms with Gasteiger partial charge in [-0.3, -0.25) is 4.79 Å². The summed E-state index contributed by atoms with van der Waals surface area (Å²) in [7, 11) is 0. The monoisotopic (exact) mass is 390 g/mol. The summed E-state index contributed by atoms with van der Waals surface area (Å²) in [5.74, 6) is 1.29. The number of aromatic nitrogens is 2. The lowest BCUT2D eigenvalue weighted by Crippen LogP contribution is -2.22. The number of nitrogens with one attached hydrogen (secondary N) is 2. The van der Waals surface area contributed by atoms with Crippen molar-refractivity contribution in [1.82, 2.24) is 14.7 Å². The molecule has 28 heavy (non-hydrogen) atoms. The van der Waals surface area contributed by atoms with E-state index in [2.05, 4.69) is 20.0 Å². The highest BCUT2D eigenvalue weighted by atomic mass is 32.1. The highest BCUT2D eigenvalue weighted by Crippen LogP contribution is 2.21. The summed E-state index contributed by atoms with van der Waals surface area (Å²) in [5.41, 5.74) is 2.58. The first-order chi connectivity index (χ1) is 13.8. The van der Waals surface area contributed by atoms with E-state index in [4.69, 9.17) is 4.42 Å². The van der Waals surface area contributed by atoms with E-state index < -0.39 is 0 Å². The predicted octanol–water partition coefficient (Wildman–Crippen LogP) is 4.34. The van der Waals surface area contributed by atoms with Crippen molar-refractivity contribution in [1.29, 1.82) is 0 Å². The minimum Gasteiger partial charge on any atom is -0.467 e. The number of amides is 1. The number of furan rings is 1. The molecule has 0 fully saturated rings. The van der Waals surface area contributed by atoms with E-state index in [9.17, 15) is 4.79 Å². The van der Waals surface area contributed by atoms with Crippen molar-refractivity contribution in [2.75, 3.05) is 5.32 Å². The Bertz CT molecular complexity index is 1050. The summed E-state index contributed by atoms with van der Waals surface area (Å²) in [5, 5.41) is 6.86. The van der Waals surface area contributed by atoms with Crippen LogP contribution in [0.3, 0.4) is 0 Å². The molecule has 0 unspecified atom stereocenters.